The standard InChI is InChI=1S/C16H27NO4/c1-5-9(3)17(10(4)6-2)15(18)13-11-7-8-12(21-11)14(13)16(19)20/h9-14H,5-8H2,1-4H3,(H,19,20). The second-order valence-electron chi connectivity index (χ2n) is 6.44. The lowest BCUT2D eigenvalue weighted by atomic mass is 9.78. The van der Waals surface area contributed by atoms with Crippen LogP contribution in [0.25, 0.3) is 0 Å². The van der Waals surface area contributed by atoms with Crippen LogP contribution >= 0.6 is 0 Å². The molecule has 0 radical (unpaired) electrons. The topological polar surface area (TPSA) is 66.8 Å². The number of carboxylic acids is 1. The quantitative estimate of drug-likeness (QED) is 0.817. The predicted octanol–water partition coefficient (Wildman–Crippen LogP) is 2.29. The molecule has 2 saturated heterocycles. The Hall–Kier alpha value is -1.10. The van der Waals surface area contributed by atoms with E-state index in [1.807, 2.05) is 18.7 Å². The molecule has 0 aromatic carbocycles. The Labute approximate surface area is 126 Å². The van der Waals surface area contributed by atoms with Crippen molar-refractivity contribution in [2.45, 2.75) is 77.7 Å². The van der Waals surface area contributed by atoms with Crippen LogP contribution < -0.4 is 0 Å². The van der Waals surface area contributed by atoms with Gasteiger partial charge in [-0.15, -0.1) is 0 Å². The highest BCUT2D eigenvalue weighted by Gasteiger charge is 2.56. The third kappa shape index (κ3) is 2.80. The van der Waals surface area contributed by atoms with Crippen molar-refractivity contribution in [1.82, 2.24) is 4.90 Å². The first-order chi connectivity index (χ1) is 9.92. The first kappa shape index (κ1) is 16.3. The summed E-state index contributed by atoms with van der Waals surface area (Å²) in [5.41, 5.74) is 0. The molecule has 2 rings (SSSR count). The molecular formula is C16H27NO4. The van der Waals surface area contributed by atoms with Crippen LogP contribution in [0.2, 0.25) is 0 Å². The second-order valence-corrected chi connectivity index (χ2v) is 6.44. The molecular weight excluding hydrogens is 270 g/mol. The van der Waals surface area contributed by atoms with E-state index in [2.05, 4.69) is 13.8 Å². The highest BCUT2D eigenvalue weighted by atomic mass is 16.5. The number of rotatable bonds is 6. The molecule has 2 aliphatic rings. The fraction of sp³-hybridized carbons (Fsp3) is 0.875. The van der Waals surface area contributed by atoms with E-state index in [-0.39, 0.29) is 30.2 Å². The summed E-state index contributed by atoms with van der Waals surface area (Å²) in [5, 5.41) is 9.48. The van der Waals surface area contributed by atoms with E-state index in [1.54, 1.807) is 0 Å². The van der Waals surface area contributed by atoms with Crippen molar-refractivity contribution >= 4 is 11.9 Å². The number of hydrogen-bond donors (Lipinski definition) is 1. The van der Waals surface area contributed by atoms with Gasteiger partial charge in [0.1, 0.15) is 0 Å². The molecule has 2 bridgehead atoms. The summed E-state index contributed by atoms with van der Waals surface area (Å²) in [6.45, 7) is 8.18. The molecule has 5 nitrogen and oxygen atoms in total. The van der Waals surface area contributed by atoms with Gasteiger partial charge in [-0.2, -0.15) is 0 Å². The average molecular weight is 297 g/mol. The third-order valence-corrected chi connectivity index (χ3v) is 5.23. The van der Waals surface area contributed by atoms with E-state index in [0.29, 0.717) is 0 Å². The molecule has 2 aliphatic heterocycles. The van der Waals surface area contributed by atoms with Gasteiger partial charge in [-0.05, 0) is 39.5 Å². The van der Waals surface area contributed by atoms with Crippen molar-refractivity contribution in [2.24, 2.45) is 11.8 Å². The molecule has 1 amide bonds. The summed E-state index contributed by atoms with van der Waals surface area (Å²) in [4.78, 5) is 26.5. The Bertz CT molecular complexity index is 401. The minimum Gasteiger partial charge on any atom is -0.481 e. The minimum atomic E-state index is -0.895. The van der Waals surface area contributed by atoms with E-state index < -0.39 is 17.8 Å². The number of carbonyl (C=O) groups excluding carboxylic acids is 1. The number of amides is 1. The normalized spacial score (nSPS) is 33.7. The van der Waals surface area contributed by atoms with Crippen LogP contribution in [0, 0.1) is 11.8 Å². The van der Waals surface area contributed by atoms with Gasteiger partial charge >= 0.3 is 5.97 Å². The predicted molar refractivity (Wildman–Crippen MR) is 78.9 cm³/mol. The van der Waals surface area contributed by atoms with Gasteiger partial charge in [0.25, 0.3) is 0 Å². The van der Waals surface area contributed by atoms with Crippen LogP contribution in [0.5, 0.6) is 0 Å². The Balaban J connectivity index is 2.25. The lowest BCUT2D eigenvalue weighted by molar-refractivity contribution is -0.153. The smallest absolute Gasteiger partial charge is 0.310 e. The number of fused-ring (bicyclic) bond motifs is 2. The van der Waals surface area contributed by atoms with Gasteiger partial charge in [0.15, 0.2) is 0 Å². The molecule has 2 fully saturated rings. The van der Waals surface area contributed by atoms with Crippen molar-refractivity contribution in [3.8, 4) is 0 Å². The van der Waals surface area contributed by atoms with Gasteiger partial charge in [-0.25, -0.2) is 0 Å². The first-order valence-electron chi connectivity index (χ1n) is 8.12. The summed E-state index contributed by atoms with van der Waals surface area (Å²) < 4.78 is 5.73. The van der Waals surface area contributed by atoms with Crippen molar-refractivity contribution in [2.75, 3.05) is 0 Å². The lowest BCUT2D eigenvalue weighted by Gasteiger charge is -2.38. The Morgan fingerprint density at radius 1 is 1.10 bits per heavy atom. The van der Waals surface area contributed by atoms with Crippen molar-refractivity contribution in [3.05, 3.63) is 0 Å². The molecule has 0 aromatic rings. The van der Waals surface area contributed by atoms with E-state index in [9.17, 15) is 14.7 Å². The maximum absolute atomic E-state index is 13.0. The van der Waals surface area contributed by atoms with Crippen molar-refractivity contribution in [3.63, 3.8) is 0 Å². The zero-order valence-corrected chi connectivity index (χ0v) is 13.4. The molecule has 0 aromatic heterocycles. The van der Waals surface area contributed by atoms with Crippen LogP contribution in [0.3, 0.4) is 0 Å². The highest BCUT2D eigenvalue weighted by Crippen LogP contribution is 2.44. The van der Waals surface area contributed by atoms with Crippen molar-refractivity contribution in [1.29, 1.82) is 0 Å². The van der Waals surface area contributed by atoms with Crippen LogP contribution in [0.15, 0.2) is 0 Å². The second kappa shape index (κ2) is 6.34. The van der Waals surface area contributed by atoms with Gasteiger partial charge in [0.05, 0.1) is 24.0 Å². The lowest BCUT2D eigenvalue weighted by Crippen LogP contribution is -2.51. The van der Waals surface area contributed by atoms with Gasteiger partial charge in [0.2, 0.25) is 5.91 Å². The number of hydrogen-bond acceptors (Lipinski definition) is 3. The van der Waals surface area contributed by atoms with Gasteiger partial charge in [0, 0.05) is 12.1 Å². The summed E-state index contributed by atoms with van der Waals surface area (Å²) in [6, 6.07) is 0.252. The molecule has 1 N–H and O–H groups in total. The molecule has 21 heavy (non-hydrogen) atoms. The van der Waals surface area contributed by atoms with Crippen molar-refractivity contribution < 1.29 is 19.4 Å². The molecule has 120 valence electrons. The number of ether oxygens (including phenoxy) is 1. The number of nitrogens with zero attached hydrogens (tertiary/aromatic N) is 1. The SMILES string of the molecule is CCC(C)N(C(=O)C1C2CCC(O2)C1C(=O)O)C(C)CC. The maximum Gasteiger partial charge on any atom is 0.310 e. The van der Waals surface area contributed by atoms with Crippen LogP contribution in [0.1, 0.15) is 53.4 Å². The zero-order valence-electron chi connectivity index (χ0n) is 13.4. The Kier molecular flexibility index (Phi) is 4.91. The Morgan fingerprint density at radius 3 is 2.00 bits per heavy atom. The zero-order chi connectivity index (χ0) is 15.7. The summed E-state index contributed by atoms with van der Waals surface area (Å²) in [7, 11) is 0. The molecule has 5 heteroatoms. The van der Waals surface area contributed by atoms with Gasteiger partial charge < -0.3 is 14.7 Å². The molecule has 2 heterocycles. The fourth-order valence-corrected chi connectivity index (χ4v) is 3.74. The largest absolute Gasteiger partial charge is 0.481 e. The number of carbonyl (C=O) groups is 2. The molecule has 0 saturated carbocycles. The number of carboxylic acid groups (broad SMARTS) is 1. The molecule has 6 unspecified atom stereocenters. The van der Waals surface area contributed by atoms with E-state index in [4.69, 9.17) is 4.74 Å². The van der Waals surface area contributed by atoms with E-state index in [1.165, 1.54) is 0 Å². The van der Waals surface area contributed by atoms with Gasteiger partial charge in [-0.1, -0.05) is 13.8 Å². The summed E-state index contributed by atoms with van der Waals surface area (Å²) >= 11 is 0. The van der Waals surface area contributed by atoms with Crippen LogP contribution in [-0.2, 0) is 14.3 Å². The fourth-order valence-electron chi connectivity index (χ4n) is 3.74. The maximum atomic E-state index is 13.0. The average Bonchev–Trinajstić information content (AvgIpc) is 3.07. The number of aliphatic carboxylic acids is 1. The third-order valence-electron chi connectivity index (χ3n) is 5.23. The summed E-state index contributed by atoms with van der Waals surface area (Å²) in [6.07, 6.45) is 2.82. The minimum absolute atomic E-state index is 0.0294. The van der Waals surface area contributed by atoms with Gasteiger partial charge in [-0.3, -0.25) is 9.59 Å². The van der Waals surface area contributed by atoms with Crippen LogP contribution in [0.4, 0.5) is 0 Å². The monoisotopic (exact) mass is 297 g/mol. The Morgan fingerprint density at radius 2 is 1.57 bits per heavy atom. The van der Waals surface area contributed by atoms with Crippen LogP contribution in [-0.4, -0.2) is 46.2 Å². The first-order valence-corrected chi connectivity index (χ1v) is 8.12. The molecule has 0 spiro atoms. The highest BCUT2D eigenvalue weighted by molar-refractivity contribution is 5.87. The summed E-state index contributed by atoms with van der Waals surface area (Å²) in [5.74, 6) is -2.11. The molecule has 6 atom stereocenters. The van der Waals surface area contributed by atoms with E-state index >= 15 is 0 Å². The van der Waals surface area contributed by atoms with E-state index in [0.717, 1.165) is 25.7 Å². The molecule has 0 aliphatic carbocycles.